The zero-order valence-electron chi connectivity index (χ0n) is 13.0. The molecule has 116 valence electrons. The average Bonchev–Trinajstić information content (AvgIpc) is 2.82. The van der Waals surface area contributed by atoms with Crippen molar-refractivity contribution in [2.75, 3.05) is 13.6 Å². The lowest BCUT2D eigenvalue weighted by Crippen LogP contribution is -2.46. The first-order valence-electron chi connectivity index (χ1n) is 8.75. The number of ether oxygens (including phenoxy) is 1. The quantitative estimate of drug-likeness (QED) is 0.863. The first kappa shape index (κ1) is 14.8. The molecule has 0 bridgehead atoms. The number of aliphatic hydroxyl groups excluding tert-OH is 1. The zero-order chi connectivity index (χ0) is 14.0. The van der Waals surface area contributed by atoms with Gasteiger partial charge >= 0.3 is 0 Å². The SMILES string of the molecule is CN(CC1CCC2(CCCCC2)O1)C1CCCCC1O. The van der Waals surface area contributed by atoms with E-state index < -0.39 is 0 Å². The van der Waals surface area contributed by atoms with E-state index in [1.807, 2.05) is 0 Å². The summed E-state index contributed by atoms with van der Waals surface area (Å²) in [5, 5.41) is 10.2. The van der Waals surface area contributed by atoms with Crippen LogP contribution in [-0.4, -0.2) is 47.4 Å². The molecule has 2 aliphatic carbocycles. The van der Waals surface area contributed by atoms with Gasteiger partial charge in [-0.05, 0) is 45.6 Å². The van der Waals surface area contributed by atoms with Crippen LogP contribution in [0.4, 0.5) is 0 Å². The van der Waals surface area contributed by atoms with Gasteiger partial charge in [0.25, 0.3) is 0 Å². The van der Waals surface area contributed by atoms with Crippen molar-refractivity contribution in [3.05, 3.63) is 0 Å². The third kappa shape index (κ3) is 3.20. The molecule has 0 amide bonds. The lowest BCUT2D eigenvalue weighted by atomic mass is 9.83. The Hall–Kier alpha value is -0.120. The van der Waals surface area contributed by atoms with Crippen LogP contribution in [0.3, 0.4) is 0 Å². The molecule has 3 rings (SSSR count). The predicted octanol–water partition coefficient (Wildman–Crippen LogP) is 3.10. The first-order chi connectivity index (χ1) is 9.69. The van der Waals surface area contributed by atoms with Crippen molar-refractivity contribution < 1.29 is 9.84 Å². The van der Waals surface area contributed by atoms with Crippen molar-refractivity contribution in [3.63, 3.8) is 0 Å². The molecule has 1 heterocycles. The average molecular weight is 281 g/mol. The molecular weight excluding hydrogens is 250 g/mol. The summed E-state index contributed by atoms with van der Waals surface area (Å²) in [6.07, 6.45) is 14.0. The predicted molar refractivity (Wildman–Crippen MR) is 80.8 cm³/mol. The highest BCUT2D eigenvalue weighted by molar-refractivity contribution is 4.93. The molecule has 3 nitrogen and oxygen atoms in total. The summed E-state index contributed by atoms with van der Waals surface area (Å²) in [6.45, 7) is 1.00. The third-order valence-electron chi connectivity index (χ3n) is 5.86. The van der Waals surface area contributed by atoms with E-state index >= 15 is 0 Å². The molecule has 3 atom stereocenters. The Bertz CT molecular complexity index is 314. The molecule has 20 heavy (non-hydrogen) atoms. The Morgan fingerprint density at radius 2 is 1.75 bits per heavy atom. The molecule has 3 fully saturated rings. The number of hydrogen-bond acceptors (Lipinski definition) is 3. The molecular formula is C17H31NO2. The van der Waals surface area contributed by atoms with Crippen molar-refractivity contribution in [3.8, 4) is 0 Å². The lowest BCUT2D eigenvalue weighted by molar-refractivity contribution is -0.0786. The molecule has 3 aliphatic rings. The maximum absolute atomic E-state index is 10.2. The first-order valence-corrected chi connectivity index (χ1v) is 8.75. The minimum absolute atomic E-state index is 0.126. The normalized spacial score (nSPS) is 37.6. The summed E-state index contributed by atoms with van der Waals surface area (Å²) in [7, 11) is 2.18. The van der Waals surface area contributed by atoms with Crippen LogP contribution < -0.4 is 0 Å². The maximum Gasteiger partial charge on any atom is 0.0710 e. The Morgan fingerprint density at radius 1 is 1.00 bits per heavy atom. The van der Waals surface area contributed by atoms with Gasteiger partial charge in [-0.25, -0.2) is 0 Å². The highest BCUT2D eigenvalue weighted by Crippen LogP contribution is 2.42. The minimum atomic E-state index is -0.126. The highest BCUT2D eigenvalue weighted by atomic mass is 16.5. The Morgan fingerprint density at radius 3 is 2.50 bits per heavy atom. The Labute approximate surface area is 123 Å². The van der Waals surface area contributed by atoms with Gasteiger partial charge in [0.1, 0.15) is 0 Å². The molecule has 3 heteroatoms. The number of aliphatic hydroxyl groups is 1. The second kappa shape index (κ2) is 6.33. The molecule has 2 saturated carbocycles. The molecule has 0 aromatic carbocycles. The van der Waals surface area contributed by atoms with Gasteiger partial charge in [-0.1, -0.05) is 32.1 Å². The molecule has 1 spiro atoms. The summed E-state index contributed by atoms with van der Waals surface area (Å²) in [6, 6.07) is 0.357. The van der Waals surface area contributed by atoms with Gasteiger partial charge in [0.2, 0.25) is 0 Å². The van der Waals surface area contributed by atoms with Crippen LogP contribution in [0.1, 0.15) is 70.6 Å². The molecule has 0 aromatic heterocycles. The molecule has 1 N–H and O–H groups in total. The fourth-order valence-electron chi connectivity index (χ4n) is 4.65. The van der Waals surface area contributed by atoms with E-state index in [4.69, 9.17) is 4.74 Å². The molecule has 1 saturated heterocycles. The van der Waals surface area contributed by atoms with Crippen molar-refractivity contribution in [2.24, 2.45) is 0 Å². The number of nitrogens with zero attached hydrogens (tertiary/aromatic N) is 1. The van der Waals surface area contributed by atoms with E-state index in [0.29, 0.717) is 12.1 Å². The minimum Gasteiger partial charge on any atom is -0.391 e. The number of likely N-dealkylation sites (N-methyl/N-ethyl adjacent to an activating group) is 1. The fraction of sp³-hybridized carbons (Fsp3) is 1.00. The summed E-state index contributed by atoms with van der Waals surface area (Å²) in [5.74, 6) is 0. The standard InChI is InChI=1S/C17H31NO2/c1-18(15-7-3-4-8-16(15)19)13-14-9-12-17(20-14)10-5-2-6-11-17/h14-16,19H,2-13H2,1H3. The highest BCUT2D eigenvalue weighted by Gasteiger charge is 2.41. The molecule has 0 aromatic rings. The van der Waals surface area contributed by atoms with E-state index in [2.05, 4.69) is 11.9 Å². The van der Waals surface area contributed by atoms with E-state index in [9.17, 15) is 5.11 Å². The van der Waals surface area contributed by atoms with Crippen molar-refractivity contribution in [2.45, 2.75) is 94.5 Å². The van der Waals surface area contributed by atoms with Gasteiger partial charge in [0.05, 0.1) is 17.8 Å². The van der Waals surface area contributed by atoms with Crippen LogP contribution >= 0.6 is 0 Å². The third-order valence-corrected chi connectivity index (χ3v) is 5.86. The van der Waals surface area contributed by atoms with Crippen molar-refractivity contribution >= 4 is 0 Å². The molecule has 0 radical (unpaired) electrons. The molecule has 3 unspecified atom stereocenters. The zero-order valence-corrected chi connectivity index (χ0v) is 13.0. The van der Waals surface area contributed by atoms with Crippen LogP contribution in [-0.2, 0) is 4.74 Å². The lowest BCUT2D eigenvalue weighted by Gasteiger charge is -2.37. The van der Waals surface area contributed by atoms with Crippen LogP contribution in [0.2, 0.25) is 0 Å². The topological polar surface area (TPSA) is 32.7 Å². The largest absolute Gasteiger partial charge is 0.391 e. The molecule has 1 aliphatic heterocycles. The Balaban J connectivity index is 1.50. The van der Waals surface area contributed by atoms with Crippen LogP contribution in [0.25, 0.3) is 0 Å². The second-order valence-electron chi connectivity index (χ2n) is 7.38. The van der Waals surface area contributed by atoms with Gasteiger partial charge in [-0.15, -0.1) is 0 Å². The van der Waals surface area contributed by atoms with E-state index in [1.165, 1.54) is 57.8 Å². The number of hydrogen-bond donors (Lipinski definition) is 1. The van der Waals surface area contributed by atoms with Crippen molar-refractivity contribution in [1.29, 1.82) is 0 Å². The van der Waals surface area contributed by atoms with Gasteiger partial charge < -0.3 is 9.84 Å². The van der Waals surface area contributed by atoms with Gasteiger partial charge in [-0.3, -0.25) is 4.90 Å². The van der Waals surface area contributed by atoms with Crippen molar-refractivity contribution in [1.82, 2.24) is 4.90 Å². The van der Waals surface area contributed by atoms with E-state index in [-0.39, 0.29) is 11.7 Å². The summed E-state index contributed by atoms with van der Waals surface area (Å²) in [5.41, 5.74) is 0.231. The van der Waals surface area contributed by atoms with Gasteiger partial charge in [0, 0.05) is 12.6 Å². The van der Waals surface area contributed by atoms with E-state index in [0.717, 1.165) is 19.4 Å². The van der Waals surface area contributed by atoms with Gasteiger partial charge in [-0.2, -0.15) is 0 Å². The van der Waals surface area contributed by atoms with Crippen LogP contribution in [0.5, 0.6) is 0 Å². The van der Waals surface area contributed by atoms with Crippen LogP contribution in [0, 0.1) is 0 Å². The maximum atomic E-state index is 10.2. The Kier molecular flexibility index (Phi) is 4.68. The number of rotatable bonds is 3. The fourth-order valence-corrected chi connectivity index (χ4v) is 4.65. The summed E-state index contributed by atoms with van der Waals surface area (Å²) in [4.78, 5) is 2.37. The summed E-state index contributed by atoms with van der Waals surface area (Å²) >= 11 is 0. The summed E-state index contributed by atoms with van der Waals surface area (Å²) < 4.78 is 6.46. The smallest absolute Gasteiger partial charge is 0.0710 e. The second-order valence-corrected chi connectivity index (χ2v) is 7.38. The van der Waals surface area contributed by atoms with E-state index in [1.54, 1.807) is 0 Å². The van der Waals surface area contributed by atoms with Gasteiger partial charge in [0.15, 0.2) is 0 Å². The van der Waals surface area contributed by atoms with Crippen LogP contribution in [0.15, 0.2) is 0 Å². The monoisotopic (exact) mass is 281 g/mol.